The topological polar surface area (TPSA) is 59.1 Å². The van der Waals surface area contributed by atoms with Crippen LogP contribution in [0.5, 0.6) is 11.5 Å². The second-order valence-electron chi connectivity index (χ2n) is 7.84. The van der Waals surface area contributed by atoms with Gasteiger partial charge in [-0.25, -0.2) is 4.79 Å². The SMILES string of the molecule is CCOC(=O)C1c2ccccc2CCN1CC(=O)N1c2ccccc2Oc2ccccc21. The Bertz CT molecular complexity index is 1130. The van der Waals surface area contributed by atoms with Crippen LogP contribution in [-0.4, -0.2) is 36.5 Å². The summed E-state index contributed by atoms with van der Waals surface area (Å²) >= 11 is 0. The highest BCUT2D eigenvalue weighted by atomic mass is 16.5. The molecule has 0 saturated heterocycles. The van der Waals surface area contributed by atoms with Crippen LogP contribution < -0.4 is 9.64 Å². The number of fused-ring (bicyclic) bond motifs is 3. The Morgan fingerprint density at radius 3 is 2.25 bits per heavy atom. The van der Waals surface area contributed by atoms with Gasteiger partial charge in [0.15, 0.2) is 11.5 Å². The lowest BCUT2D eigenvalue weighted by Crippen LogP contribution is -2.46. The molecule has 6 nitrogen and oxygen atoms in total. The molecule has 162 valence electrons. The molecule has 0 saturated carbocycles. The van der Waals surface area contributed by atoms with Crippen molar-refractivity contribution in [3.8, 4) is 11.5 Å². The molecule has 0 aliphatic carbocycles. The predicted octanol–water partition coefficient (Wildman–Crippen LogP) is 4.62. The molecule has 2 heterocycles. The zero-order chi connectivity index (χ0) is 22.1. The quantitative estimate of drug-likeness (QED) is 0.568. The molecule has 0 fully saturated rings. The minimum Gasteiger partial charge on any atom is -0.465 e. The molecular weight excluding hydrogens is 404 g/mol. The molecule has 0 spiro atoms. The summed E-state index contributed by atoms with van der Waals surface area (Å²) in [6, 6.07) is 22.3. The lowest BCUT2D eigenvalue weighted by Gasteiger charge is -2.37. The lowest BCUT2D eigenvalue weighted by molar-refractivity contribution is -0.150. The maximum absolute atomic E-state index is 13.7. The summed E-state index contributed by atoms with van der Waals surface area (Å²) in [6.45, 7) is 2.77. The molecule has 0 aromatic heterocycles. The summed E-state index contributed by atoms with van der Waals surface area (Å²) in [7, 11) is 0. The summed E-state index contributed by atoms with van der Waals surface area (Å²) < 4.78 is 11.4. The van der Waals surface area contributed by atoms with Crippen LogP contribution in [0.25, 0.3) is 0 Å². The molecule has 1 atom stereocenters. The van der Waals surface area contributed by atoms with Gasteiger partial charge in [-0.2, -0.15) is 0 Å². The molecule has 0 radical (unpaired) electrons. The first-order chi connectivity index (χ1) is 15.7. The van der Waals surface area contributed by atoms with Crippen molar-refractivity contribution >= 4 is 23.3 Å². The van der Waals surface area contributed by atoms with Gasteiger partial charge >= 0.3 is 5.97 Å². The van der Waals surface area contributed by atoms with Crippen molar-refractivity contribution in [2.24, 2.45) is 0 Å². The van der Waals surface area contributed by atoms with Crippen molar-refractivity contribution in [3.63, 3.8) is 0 Å². The van der Waals surface area contributed by atoms with E-state index in [9.17, 15) is 9.59 Å². The number of anilines is 2. The van der Waals surface area contributed by atoms with E-state index in [1.807, 2.05) is 77.7 Å². The number of carbonyl (C=O) groups excluding carboxylic acids is 2. The Kier molecular flexibility index (Phi) is 5.37. The monoisotopic (exact) mass is 428 g/mol. The van der Waals surface area contributed by atoms with E-state index in [1.165, 1.54) is 0 Å². The molecule has 6 heteroatoms. The number of esters is 1. The first kappa shape index (κ1) is 20.3. The molecule has 0 bridgehead atoms. The van der Waals surface area contributed by atoms with E-state index in [0.717, 1.165) is 17.5 Å². The van der Waals surface area contributed by atoms with Crippen molar-refractivity contribution in [2.45, 2.75) is 19.4 Å². The van der Waals surface area contributed by atoms with Crippen LogP contribution in [0.2, 0.25) is 0 Å². The van der Waals surface area contributed by atoms with Crippen LogP contribution >= 0.6 is 0 Å². The highest BCUT2D eigenvalue weighted by Gasteiger charge is 2.37. The summed E-state index contributed by atoms with van der Waals surface area (Å²) in [5.41, 5.74) is 3.42. The van der Waals surface area contributed by atoms with Crippen molar-refractivity contribution in [1.82, 2.24) is 4.90 Å². The molecule has 32 heavy (non-hydrogen) atoms. The third kappa shape index (κ3) is 3.52. The van der Waals surface area contributed by atoms with Crippen molar-refractivity contribution in [2.75, 3.05) is 24.6 Å². The Morgan fingerprint density at radius 2 is 1.56 bits per heavy atom. The fourth-order valence-electron chi connectivity index (χ4n) is 4.50. The zero-order valence-electron chi connectivity index (χ0n) is 17.9. The summed E-state index contributed by atoms with van der Waals surface area (Å²) in [4.78, 5) is 30.2. The van der Waals surface area contributed by atoms with Gasteiger partial charge in [-0.15, -0.1) is 0 Å². The highest BCUT2D eigenvalue weighted by molar-refractivity contribution is 6.05. The van der Waals surface area contributed by atoms with Crippen LogP contribution in [0.1, 0.15) is 24.1 Å². The Labute approximate surface area is 187 Å². The van der Waals surface area contributed by atoms with Gasteiger partial charge in [0.1, 0.15) is 6.04 Å². The normalized spacial score (nSPS) is 16.9. The average molecular weight is 428 g/mol. The smallest absolute Gasteiger partial charge is 0.328 e. The third-order valence-corrected chi connectivity index (χ3v) is 5.91. The van der Waals surface area contributed by atoms with Crippen LogP contribution in [0.4, 0.5) is 11.4 Å². The van der Waals surface area contributed by atoms with E-state index in [4.69, 9.17) is 9.47 Å². The standard InChI is InChI=1S/C26H24N2O4/c1-2-31-26(30)25-19-10-4-3-9-18(19)15-16-27(25)17-24(29)28-20-11-5-7-13-22(20)32-23-14-8-6-12-21(23)28/h3-14,25H,2,15-17H2,1H3. The van der Waals surface area contributed by atoms with E-state index in [1.54, 1.807) is 11.8 Å². The Balaban J connectivity index is 1.49. The first-order valence-electron chi connectivity index (χ1n) is 10.8. The predicted molar refractivity (Wildman–Crippen MR) is 121 cm³/mol. The van der Waals surface area contributed by atoms with E-state index < -0.39 is 6.04 Å². The number of amides is 1. The van der Waals surface area contributed by atoms with Crippen molar-refractivity contribution in [1.29, 1.82) is 0 Å². The van der Waals surface area contributed by atoms with E-state index in [-0.39, 0.29) is 18.4 Å². The number of benzene rings is 3. The molecule has 1 unspecified atom stereocenters. The van der Waals surface area contributed by atoms with Crippen LogP contribution in [0.3, 0.4) is 0 Å². The van der Waals surface area contributed by atoms with Gasteiger partial charge in [0.25, 0.3) is 0 Å². The van der Waals surface area contributed by atoms with Gasteiger partial charge in [0.05, 0.1) is 24.5 Å². The summed E-state index contributed by atoms with van der Waals surface area (Å²) in [6.07, 6.45) is 0.773. The van der Waals surface area contributed by atoms with E-state index in [0.29, 0.717) is 36.0 Å². The lowest BCUT2D eigenvalue weighted by atomic mass is 9.92. The minimum atomic E-state index is -0.602. The van der Waals surface area contributed by atoms with E-state index in [2.05, 4.69) is 0 Å². The highest BCUT2D eigenvalue weighted by Crippen LogP contribution is 2.46. The van der Waals surface area contributed by atoms with Gasteiger partial charge in [0.2, 0.25) is 5.91 Å². The van der Waals surface area contributed by atoms with Gasteiger partial charge in [-0.05, 0) is 48.7 Å². The fraction of sp³-hybridized carbons (Fsp3) is 0.231. The molecule has 2 aliphatic rings. The molecule has 0 N–H and O–H groups in total. The van der Waals surface area contributed by atoms with Crippen molar-refractivity contribution < 1.29 is 19.1 Å². The molecule has 3 aromatic rings. The molecule has 1 amide bonds. The van der Waals surface area contributed by atoms with Crippen molar-refractivity contribution in [3.05, 3.63) is 83.9 Å². The maximum atomic E-state index is 13.7. The second kappa shape index (κ2) is 8.48. The van der Waals surface area contributed by atoms with Crippen LogP contribution in [0.15, 0.2) is 72.8 Å². The number of para-hydroxylation sites is 4. The zero-order valence-corrected chi connectivity index (χ0v) is 17.9. The maximum Gasteiger partial charge on any atom is 0.328 e. The Hall–Kier alpha value is -3.64. The second-order valence-corrected chi connectivity index (χ2v) is 7.84. The summed E-state index contributed by atoms with van der Waals surface area (Å²) in [5.74, 6) is 0.813. The van der Waals surface area contributed by atoms with Gasteiger partial charge in [-0.1, -0.05) is 48.5 Å². The number of carbonyl (C=O) groups is 2. The molecular formula is C26H24N2O4. The Morgan fingerprint density at radius 1 is 0.938 bits per heavy atom. The molecule has 5 rings (SSSR count). The number of rotatable bonds is 4. The average Bonchev–Trinajstić information content (AvgIpc) is 2.82. The van der Waals surface area contributed by atoms with Crippen LogP contribution in [-0.2, 0) is 20.7 Å². The van der Waals surface area contributed by atoms with Crippen LogP contribution in [0, 0.1) is 0 Å². The summed E-state index contributed by atoms with van der Waals surface area (Å²) in [5, 5.41) is 0. The molecule has 3 aromatic carbocycles. The first-order valence-corrected chi connectivity index (χ1v) is 10.8. The fourth-order valence-corrected chi connectivity index (χ4v) is 4.50. The minimum absolute atomic E-state index is 0.0838. The van der Waals surface area contributed by atoms with E-state index >= 15 is 0 Å². The van der Waals surface area contributed by atoms with Gasteiger partial charge in [-0.3, -0.25) is 14.6 Å². The third-order valence-electron chi connectivity index (χ3n) is 5.91. The number of ether oxygens (including phenoxy) is 2. The number of hydrogen-bond donors (Lipinski definition) is 0. The molecule has 2 aliphatic heterocycles. The van der Waals surface area contributed by atoms with Gasteiger partial charge < -0.3 is 9.47 Å². The number of nitrogens with zero attached hydrogens (tertiary/aromatic N) is 2. The largest absolute Gasteiger partial charge is 0.465 e. The van der Waals surface area contributed by atoms with Gasteiger partial charge in [0, 0.05) is 6.54 Å². The number of hydrogen-bond acceptors (Lipinski definition) is 5.